The lowest BCUT2D eigenvalue weighted by atomic mass is 10.1. The van der Waals surface area contributed by atoms with Crippen LogP contribution < -0.4 is 10.5 Å². The molecular weight excluding hydrogens is 236 g/mol. The van der Waals surface area contributed by atoms with Gasteiger partial charge < -0.3 is 5.73 Å². The molecule has 1 rings (SSSR count). The molecule has 1 atom stereocenters. The van der Waals surface area contributed by atoms with E-state index < -0.39 is 15.3 Å². The SMILES string of the molecule is CC(C)S(=O)(=O)NC(CN)Cc1ccccc1. The van der Waals surface area contributed by atoms with E-state index in [1.807, 2.05) is 30.3 Å². The number of nitrogens with one attached hydrogen (secondary N) is 1. The molecule has 17 heavy (non-hydrogen) atoms. The van der Waals surface area contributed by atoms with Gasteiger partial charge in [-0.15, -0.1) is 0 Å². The topological polar surface area (TPSA) is 72.2 Å². The molecule has 1 unspecified atom stereocenters. The van der Waals surface area contributed by atoms with Gasteiger partial charge in [0.25, 0.3) is 0 Å². The molecule has 0 aliphatic rings. The molecule has 0 radical (unpaired) electrons. The van der Waals surface area contributed by atoms with Crippen LogP contribution in [-0.4, -0.2) is 26.3 Å². The molecule has 4 nitrogen and oxygen atoms in total. The zero-order valence-corrected chi connectivity index (χ0v) is 11.1. The summed E-state index contributed by atoms with van der Waals surface area (Å²) in [5.74, 6) is 0. The Morgan fingerprint density at radius 1 is 1.24 bits per heavy atom. The van der Waals surface area contributed by atoms with Crippen molar-refractivity contribution in [3.63, 3.8) is 0 Å². The number of hydrogen-bond donors (Lipinski definition) is 2. The van der Waals surface area contributed by atoms with Gasteiger partial charge in [-0.2, -0.15) is 0 Å². The highest BCUT2D eigenvalue weighted by molar-refractivity contribution is 7.90. The van der Waals surface area contributed by atoms with Crippen LogP contribution in [0.25, 0.3) is 0 Å². The van der Waals surface area contributed by atoms with E-state index in [4.69, 9.17) is 5.73 Å². The van der Waals surface area contributed by atoms with Gasteiger partial charge in [-0.05, 0) is 25.8 Å². The molecule has 5 heteroatoms. The van der Waals surface area contributed by atoms with Crippen LogP contribution in [0.5, 0.6) is 0 Å². The van der Waals surface area contributed by atoms with Gasteiger partial charge in [0.05, 0.1) is 5.25 Å². The maximum Gasteiger partial charge on any atom is 0.214 e. The summed E-state index contributed by atoms with van der Waals surface area (Å²) in [5, 5.41) is -0.438. The number of hydrogen-bond acceptors (Lipinski definition) is 3. The molecule has 0 aliphatic carbocycles. The average Bonchev–Trinajstić information content (AvgIpc) is 2.29. The van der Waals surface area contributed by atoms with E-state index >= 15 is 0 Å². The molecule has 96 valence electrons. The third-order valence-corrected chi connectivity index (χ3v) is 4.46. The Balaban J connectivity index is 2.68. The standard InChI is InChI=1S/C12H20N2O2S/c1-10(2)17(15,16)14-12(9-13)8-11-6-4-3-5-7-11/h3-7,10,12,14H,8-9,13H2,1-2H3. The van der Waals surface area contributed by atoms with Gasteiger partial charge in [0.1, 0.15) is 0 Å². The Morgan fingerprint density at radius 3 is 2.29 bits per heavy atom. The van der Waals surface area contributed by atoms with Crippen molar-refractivity contribution in [1.29, 1.82) is 0 Å². The molecule has 0 aliphatic heterocycles. The highest BCUT2D eigenvalue weighted by Gasteiger charge is 2.20. The van der Waals surface area contributed by atoms with E-state index in [1.165, 1.54) is 0 Å². The Kier molecular flexibility index (Phi) is 5.11. The van der Waals surface area contributed by atoms with Crippen LogP contribution in [0.1, 0.15) is 19.4 Å². The van der Waals surface area contributed by atoms with Crippen LogP contribution in [0, 0.1) is 0 Å². The third kappa shape index (κ3) is 4.46. The molecule has 0 aromatic heterocycles. The summed E-state index contributed by atoms with van der Waals surface area (Å²) in [6.07, 6.45) is 0.614. The van der Waals surface area contributed by atoms with E-state index in [0.717, 1.165) is 5.56 Å². The summed E-state index contributed by atoms with van der Waals surface area (Å²) in [7, 11) is -3.26. The maximum atomic E-state index is 11.7. The number of rotatable bonds is 6. The van der Waals surface area contributed by atoms with Gasteiger partial charge in [-0.25, -0.2) is 13.1 Å². The quantitative estimate of drug-likeness (QED) is 0.794. The Hall–Kier alpha value is -0.910. The van der Waals surface area contributed by atoms with Crippen molar-refractivity contribution >= 4 is 10.0 Å². The van der Waals surface area contributed by atoms with Crippen LogP contribution in [0.15, 0.2) is 30.3 Å². The van der Waals surface area contributed by atoms with Crippen molar-refractivity contribution in [1.82, 2.24) is 4.72 Å². The predicted molar refractivity (Wildman–Crippen MR) is 70.2 cm³/mol. The van der Waals surface area contributed by atoms with E-state index in [2.05, 4.69) is 4.72 Å². The zero-order valence-electron chi connectivity index (χ0n) is 10.3. The highest BCUT2D eigenvalue weighted by atomic mass is 32.2. The van der Waals surface area contributed by atoms with Gasteiger partial charge in [0, 0.05) is 12.6 Å². The van der Waals surface area contributed by atoms with E-state index in [0.29, 0.717) is 13.0 Å². The monoisotopic (exact) mass is 256 g/mol. The van der Waals surface area contributed by atoms with Crippen LogP contribution in [0.2, 0.25) is 0 Å². The maximum absolute atomic E-state index is 11.7. The van der Waals surface area contributed by atoms with Gasteiger partial charge >= 0.3 is 0 Å². The van der Waals surface area contributed by atoms with Crippen molar-refractivity contribution in [2.75, 3.05) is 6.54 Å². The summed E-state index contributed by atoms with van der Waals surface area (Å²) < 4.78 is 26.1. The molecule has 0 saturated carbocycles. The second-order valence-electron chi connectivity index (χ2n) is 4.33. The fourth-order valence-corrected chi connectivity index (χ4v) is 2.36. The smallest absolute Gasteiger partial charge is 0.214 e. The number of benzene rings is 1. The van der Waals surface area contributed by atoms with Crippen molar-refractivity contribution in [3.8, 4) is 0 Å². The molecule has 0 bridgehead atoms. The van der Waals surface area contributed by atoms with Gasteiger partial charge in [-0.1, -0.05) is 30.3 Å². The Labute approximate surface area is 103 Å². The van der Waals surface area contributed by atoms with Crippen LogP contribution in [0.4, 0.5) is 0 Å². The number of nitrogens with two attached hydrogens (primary N) is 1. The summed E-state index contributed by atoms with van der Waals surface area (Å²) in [6.45, 7) is 3.59. The molecule has 0 spiro atoms. The first-order valence-electron chi connectivity index (χ1n) is 5.71. The lowest BCUT2D eigenvalue weighted by molar-refractivity contribution is 0.540. The van der Waals surface area contributed by atoms with Crippen LogP contribution in [0.3, 0.4) is 0 Å². The van der Waals surface area contributed by atoms with E-state index in [-0.39, 0.29) is 6.04 Å². The summed E-state index contributed by atoms with van der Waals surface area (Å²) in [6, 6.07) is 9.47. The van der Waals surface area contributed by atoms with Crippen molar-refractivity contribution < 1.29 is 8.42 Å². The molecule has 1 aromatic rings. The molecule has 1 aromatic carbocycles. The van der Waals surface area contributed by atoms with Crippen LogP contribution >= 0.6 is 0 Å². The molecule has 0 saturated heterocycles. The van der Waals surface area contributed by atoms with E-state index in [1.54, 1.807) is 13.8 Å². The summed E-state index contributed by atoms with van der Waals surface area (Å²) in [4.78, 5) is 0. The summed E-state index contributed by atoms with van der Waals surface area (Å²) >= 11 is 0. The van der Waals surface area contributed by atoms with Gasteiger partial charge in [-0.3, -0.25) is 0 Å². The normalized spacial score (nSPS) is 13.9. The number of sulfonamides is 1. The van der Waals surface area contributed by atoms with Crippen molar-refractivity contribution in [3.05, 3.63) is 35.9 Å². The lowest BCUT2D eigenvalue weighted by Gasteiger charge is -2.18. The minimum atomic E-state index is -3.26. The first kappa shape index (κ1) is 14.2. The zero-order chi connectivity index (χ0) is 12.9. The lowest BCUT2D eigenvalue weighted by Crippen LogP contribution is -2.44. The molecule has 3 N–H and O–H groups in total. The largest absolute Gasteiger partial charge is 0.329 e. The van der Waals surface area contributed by atoms with Crippen LogP contribution in [-0.2, 0) is 16.4 Å². The van der Waals surface area contributed by atoms with Crippen molar-refractivity contribution in [2.45, 2.75) is 31.6 Å². The predicted octanol–water partition coefficient (Wildman–Crippen LogP) is 0.884. The van der Waals surface area contributed by atoms with Gasteiger partial charge in [0.15, 0.2) is 0 Å². The van der Waals surface area contributed by atoms with Crippen molar-refractivity contribution in [2.24, 2.45) is 5.73 Å². The average molecular weight is 256 g/mol. The second-order valence-corrected chi connectivity index (χ2v) is 6.60. The fourth-order valence-electron chi connectivity index (χ4n) is 1.44. The summed E-state index contributed by atoms with van der Waals surface area (Å²) in [5.41, 5.74) is 6.68. The Morgan fingerprint density at radius 2 is 1.82 bits per heavy atom. The second kappa shape index (κ2) is 6.14. The molecule has 0 fully saturated rings. The highest BCUT2D eigenvalue weighted by Crippen LogP contribution is 2.05. The van der Waals surface area contributed by atoms with E-state index in [9.17, 15) is 8.42 Å². The molecule has 0 heterocycles. The third-order valence-electron chi connectivity index (χ3n) is 2.56. The minimum absolute atomic E-state index is 0.246. The molecular formula is C12H20N2O2S. The fraction of sp³-hybridized carbons (Fsp3) is 0.500. The Bertz CT molecular complexity index is 429. The molecule has 0 amide bonds. The first-order chi connectivity index (χ1) is 7.95. The first-order valence-corrected chi connectivity index (χ1v) is 7.25. The van der Waals surface area contributed by atoms with Gasteiger partial charge in [0.2, 0.25) is 10.0 Å². The minimum Gasteiger partial charge on any atom is -0.329 e.